The highest BCUT2D eigenvalue weighted by molar-refractivity contribution is 6.95. The zero-order chi connectivity index (χ0) is 34.4. The minimum absolute atomic E-state index is 0.554. The Hall–Kier alpha value is -1.35. The van der Waals surface area contributed by atoms with Crippen LogP contribution in [0.3, 0.4) is 0 Å². The Morgan fingerprint density at radius 2 is 0.848 bits per heavy atom. The summed E-state index contributed by atoms with van der Waals surface area (Å²) in [5.41, 5.74) is 6.65. The van der Waals surface area contributed by atoms with Gasteiger partial charge in [0.25, 0.3) is 0 Å². The van der Waals surface area contributed by atoms with E-state index >= 15 is 0 Å². The van der Waals surface area contributed by atoms with Crippen molar-refractivity contribution in [3.05, 3.63) is 48.0 Å². The fraction of sp³-hybridized carbons (Fsp3) is 0.750. The molecule has 0 radical (unpaired) electrons. The smallest absolute Gasteiger partial charge is 0.0962 e. The van der Waals surface area contributed by atoms with Crippen LogP contribution in [0.15, 0.2) is 36.7 Å². The first-order valence-electron chi connectivity index (χ1n) is 19.1. The Bertz CT molecular complexity index is 1040. The molecule has 0 spiro atoms. The largest absolute Gasteiger partial charge is 0.293 e. The SMILES string of the molecule is CCN(Cc1ccc([Si](C(C)C)(C(C)C)C(C)C)cn1)[C@H]1CCCC[C@@H]1N(CC)Cc1ccc([Si](C(C)C)(C(C)C)C(C)C)cn1. The highest BCUT2D eigenvalue weighted by Crippen LogP contribution is 2.42. The first kappa shape index (κ1) is 39.1. The van der Waals surface area contributed by atoms with Crippen molar-refractivity contribution in [3.63, 3.8) is 0 Å². The van der Waals surface area contributed by atoms with Gasteiger partial charge in [0.1, 0.15) is 0 Å². The van der Waals surface area contributed by atoms with Crippen LogP contribution in [0.25, 0.3) is 0 Å². The first-order valence-corrected chi connectivity index (χ1v) is 23.5. The van der Waals surface area contributed by atoms with Crippen LogP contribution in [0.1, 0.15) is 134 Å². The van der Waals surface area contributed by atoms with Crippen molar-refractivity contribution in [1.29, 1.82) is 0 Å². The molecule has 0 unspecified atom stereocenters. The minimum atomic E-state index is -1.69. The van der Waals surface area contributed by atoms with Crippen LogP contribution >= 0.6 is 0 Å². The van der Waals surface area contributed by atoms with Gasteiger partial charge < -0.3 is 0 Å². The summed E-state index contributed by atoms with van der Waals surface area (Å²) in [6, 6.07) is 10.8. The van der Waals surface area contributed by atoms with E-state index in [0.717, 1.165) is 26.2 Å². The molecular formula is C40H72N4Si2. The van der Waals surface area contributed by atoms with E-state index in [1.54, 1.807) is 10.4 Å². The molecule has 0 N–H and O–H groups in total. The Labute approximate surface area is 287 Å². The summed E-state index contributed by atoms with van der Waals surface area (Å²) >= 11 is 0. The van der Waals surface area contributed by atoms with E-state index in [4.69, 9.17) is 9.97 Å². The standard InChI is InChI=1S/C40H72N4Si2/c1-15-43(27-35-21-23-37(25-41-35)45(29(3)4,30(5)6)31(7)8)39-19-17-18-20-40(39)44(16-2)28-36-22-24-38(26-42-36)46(32(9)10,33(11)12)34(13)14/h21-26,29-34,39-40H,15-20,27-28H2,1-14H3/t39-,40-/m0/s1. The molecule has 1 saturated carbocycles. The topological polar surface area (TPSA) is 32.3 Å². The molecule has 260 valence electrons. The molecule has 0 bridgehead atoms. The summed E-state index contributed by atoms with van der Waals surface area (Å²) in [6.45, 7) is 38.1. The molecule has 46 heavy (non-hydrogen) atoms. The lowest BCUT2D eigenvalue weighted by Crippen LogP contribution is -2.56. The fourth-order valence-corrected chi connectivity index (χ4v) is 24.2. The van der Waals surface area contributed by atoms with Crippen LogP contribution in [0.5, 0.6) is 0 Å². The molecule has 0 aliphatic heterocycles. The molecule has 2 atom stereocenters. The quantitative estimate of drug-likeness (QED) is 0.167. The predicted molar refractivity (Wildman–Crippen MR) is 208 cm³/mol. The maximum atomic E-state index is 5.17. The number of aromatic nitrogens is 2. The molecule has 6 heteroatoms. The summed E-state index contributed by atoms with van der Waals surface area (Å²) in [4.78, 5) is 15.8. The maximum Gasteiger partial charge on any atom is 0.0962 e. The van der Waals surface area contributed by atoms with E-state index in [9.17, 15) is 0 Å². The Kier molecular flexibility index (Phi) is 14.3. The zero-order valence-electron chi connectivity index (χ0n) is 32.5. The highest BCUT2D eigenvalue weighted by atomic mass is 28.3. The van der Waals surface area contributed by atoms with Crippen molar-refractivity contribution in [2.45, 2.75) is 181 Å². The molecule has 0 aromatic carbocycles. The van der Waals surface area contributed by atoms with Crippen molar-refractivity contribution in [1.82, 2.24) is 19.8 Å². The summed E-state index contributed by atoms with van der Waals surface area (Å²) in [5.74, 6) is 0. The average Bonchev–Trinajstić information content (AvgIpc) is 2.99. The third kappa shape index (κ3) is 7.76. The number of hydrogen-bond acceptors (Lipinski definition) is 4. The summed E-state index contributed by atoms with van der Waals surface area (Å²) in [7, 11) is -3.39. The Balaban J connectivity index is 1.82. The maximum absolute atomic E-state index is 5.17. The van der Waals surface area contributed by atoms with E-state index in [1.165, 1.54) is 37.1 Å². The van der Waals surface area contributed by atoms with E-state index in [0.29, 0.717) is 45.3 Å². The molecule has 1 aliphatic rings. The second-order valence-corrected chi connectivity index (χ2v) is 28.2. The first-order chi connectivity index (χ1) is 21.7. The van der Waals surface area contributed by atoms with Crippen LogP contribution in [0, 0.1) is 0 Å². The second kappa shape index (κ2) is 16.9. The van der Waals surface area contributed by atoms with E-state index in [-0.39, 0.29) is 0 Å². The Morgan fingerprint density at radius 3 is 1.07 bits per heavy atom. The molecule has 4 nitrogen and oxygen atoms in total. The van der Waals surface area contributed by atoms with Crippen molar-refractivity contribution >= 4 is 26.5 Å². The minimum Gasteiger partial charge on any atom is -0.293 e. The second-order valence-electron chi connectivity index (χ2n) is 16.4. The lowest BCUT2D eigenvalue weighted by atomic mass is 9.87. The van der Waals surface area contributed by atoms with Crippen LogP contribution < -0.4 is 10.4 Å². The third-order valence-electron chi connectivity index (χ3n) is 12.6. The average molecular weight is 665 g/mol. The molecule has 0 amide bonds. The summed E-state index contributed by atoms with van der Waals surface area (Å²) in [5, 5.41) is 3.08. The van der Waals surface area contributed by atoms with Crippen molar-refractivity contribution in [3.8, 4) is 0 Å². The van der Waals surface area contributed by atoms with Crippen LogP contribution in [-0.2, 0) is 13.1 Å². The van der Waals surface area contributed by atoms with Gasteiger partial charge in [0.05, 0.1) is 27.5 Å². The van der Waals surface area contributed by atoms with Crippen molar-refractivity contribution in [2.24, 2.45) is 0 Å². The Morgan fingerprint density at radius 1 is 0.543 bits per heavy atom. The van der Waals surface area contributed by atoms with E-state index < -0.39 is 16.1 Å². The number of nitrogens with zero attached hydrogens (tertiary/aromatic N) is 4. The number of hydrogen-bond donors (Lipinski definition) is 0. The van der Waals surface area contributed by atoms with Gasteiger partial charge >= 0.3 is 0 Å². The third-order valence-corrected chi connectivity index (χ3v) is 26.6. The van der Waals surface area contributed by atoms with Gasteiger partial charge in [-0.2, -0.15) is 0 Å². The van der Waals surface area contributed by atoms with Gasteiger partial charge in [0.2, 0.25) is 0 Å². The molecule has 2 heterocycles. The van der Waals surface area contributed by atoms with Crippen molar-refractivity contribution < 1.29 is 0 Å². The monoisotopic (exact) mass is 665 g/mol. The summed E-state index contributed by atoms with van der Waals surface area (Å²) in [6.07, 6.45) is 9.75. The van der Waals surface area contributed by atoms with Crippen LogP contribution in [-0.4, -0.2) is 61.1 Å². The molecule has 3 rings (SSSR count). The van der Waals surface area contributed by atoms with Crippen LogP contribution in [0.4, 0.5) is 0 Å². The van der Waals surface area contributed by atoms with E-state index in [2.05, 4.69) is 143 Å². The molecule has 2 aromatic heterocycles. The van der Waals surface area contributed by atoms with Gasteiger partial charge in [-0.15, -0.1) is 0 Å². The lowest BCUT2D eigenvalue weighted by molar-refractivity contribution is 0.0431. The molecule has 2 aromatic rings. The number of rotatable bonds is 16. The van der Waals surface area contributed by atoms with Gasteiger partial charge in [0, 0.05) is 37.6 Å². The van der Waals surface area contributed by atoms with Gasteiger partial charge in [-0.05, 0) is 81.7 Å². The fourth-order valence-electron chi connectivity index (χ4n) is 10.8. The van der Waals surface area contributed by atoms with Gasteiger partial charge in [-0.25, -0.2) is 0 Å². The molecule has 1 fully saturated rings. The molecule has 1 aliphatic carbocycles. The van der Waals surface area contributed by atoms with Crippen molar-refractivity contribution in [2.75, 3.05) is 13.1 Å². The van der Waals surface area contributed by atoms with Crippen LogP contribution in [0.2, 0.25) is 33.2 Å². The number of pyridine rings is 2. The summed E-state index contributed by atoms with van der Waals surface area (Å²) < 4.78 is 0. The van der Waals surface area contributed by atoms with Gasteiger partial charge in [0.15, 0.2) is 0 Å². The van der Waals surface area contributed by atoms with E-state index in [1.807, 2.05) is 0 Å². The highest BCUT2D eigenvalue weighted by Gasteiger charge is 2.45. The number of likely N-dealkylation sites (N-methyl/N-ethyl adjacent to an activating group) is 2. The predicted octanol–water partition coefficient (Wildman–Crippen LogP) is 9.90. The zero-order valence-corrected chi connectivity index (χ0v) is 34.5. The van der Waals surface area contributed by atoms with Gasteiger partial charge in [-0.3, -0.25) is 19.8 Å². The van der Waals surface area contributed by atoms with Gasteiger partial charge in [-0.1, -0.05) is 122 Å². The lowest BCUT2D eigenvalue weighted by Gasteiger charge is -2.45. The molecular weight excluding hydrogens is 593 g/mol. The molecule has 0 saturated heterocycles. The normalized spacial score (nSPS) is 18.5.